The van der Waals surface area contributed by atoms with E-state index in [-0.39, 0.29) is 0 Å². The van der Waals surface area contributed by atoms with E-state index in [4.69, 9.17) is 0 Å². The lowest BCUT2D eigenvalue weighted by atomic mass is 9.98. The van der Waals surface area contributed by atoms with Gasteiger partial charge in [0, 0.05) is 17.2 Å². The molecule has 0 saturated carbocycles. The SMILES string of the molecule is Cc1cc(NCCC(C)c2ccccc2)ncc1Br. The highest BCUT2D eigenvalue weighted by atomic mass is 79.9. The molecule has 2 rings (SSSR count). The number of aryl methyl sites for hydroxylation is 1. The van der Waals surface area contributed by atoms with Gasteiger partial charge in [0.05, 0.1) is 0 Å². The van der Waals surface area contributed by atoms with Gasteiger partial charge in [-0.1, -0.05) is 37.3 Å². The van der Waals surface area contributed by atoms with Crippen molar-refractivity contribution in [2.45, 2.75) is 26.2 Å². The van der Waals surface area contributed by atoms with Crippen LogP contribution in [0.25, 0.3) is 0 Å². The largest absolute Gasteiger partial charge is 0.370 e. The number of nitrogens with one attached hydrogen (secondary N) is 1. The molecule has 0 saturated heterocycles. The van der Waals surface area contributed by atoms with Crippen molar-refractivity contribution in [2.75, 3.05) is 11.9 Å². The Hall–Kier alpha value is -1.35. The van der Waals surface area contributed by atoms with Crippen LogP contribution in [0, 0.1) is 6.92 Å². The molecule has 1 unspecified atom stereocenters. The van der Waals surface area contributed by atoms with Crippen LogP contribution in [0.5, 0.6) is 0 Å². The first kappa shape index (κ1) is 14.1. The average Bonchev–Trinajstić information content (AvgIpc) is 2.43. The molecule has 0 aliphatic rings. The van der Waals surface area contributed by atoms with Crippen LogP contribution in [-0.2, 0) is 0 Å². The molecule has 0 aliphatic carbocycles. The van der Waals surface area contributed by atoms with Crippen LogP contribution in [0.15, 0.2) is 47.1 Å². The Balaban J connectivity index is 1.85. The van der Waals surface area contributed by atoms with Gasteiger partial charge >= 0.3 is 0 Å². The summed E-state index contributed by atoms with van der Waals surface area (Å²) in [5.74, 6) is 1.51. The maximum atomic E-state index is 4.35. The van der Waals surface area contributed by atoms with Gasteiger partial charge in [-0.15, -0.1) is 0 Å². The van der Waals surface area contributed by atoms with Crippen LogP contribution in [0.4, 0.5) is 5.82 Å². The highest BCUT2D eigenvalue weighted by Crippen LogP contribution is 2.20. The molecule has 1 N–H and O–H groups in total. The van der Waals surface area contributed by atoms with Crippen molar-refractivity contribution in [1.82, 2.24) is 4.98 Å². The number of anilines is 1. The first-order valence-corrected chi connectivity index (χ1v) is 7.37. The second-order valence-corrected chi connectivity index (χ2v) is 5.70. The minimum atomic E-state index is 0.560. The number of hydrogen-bond donors (Lipinski definition) is 1. The van der Waals surface area contributed by atoms with Gasteiger partial charge in [0.1, 0.15) is 5.82 Å². The molecule has 0 bridgehead atoms. The van der Waals surface area contributed by atoms with Gasteiger partial charge < -0.3 is 5.32 Å². The van der Waals surface area contributed by atoms with Crippen molar-refractivity contribution in [1.29, 1.82) is 0 Å². The van der Waals surface area contributed by atoms with Gasteiger partial charge in [0.15, 0.2) is 0 Å². The summed E-state index contributed by atoms with van der Waals surface area (Å²) in [4.78, 5) is 4.35. The van der Waals surface area contributed by atoms with E-state index in [1.807, 2.05) is 6.20 Å². The normalized spacial score (nSPS) is 12.2. The smallest absolute Gasteiger partial charge is 0.126 e. The minimum Gasteiger partial charge on any atom is -0.370 e. The predicted octanol–water partition coefficient (Wildman–Crippen LogP) is 4.76. The summed E-state index contributed by atoms with van der Waals surface area (Å²) in [7, 11) is 0. The number of nitrogens with zero attached hydrogens (tertiary/aromatic N) is 1. The fourth-order valence-corrected chi connectivity index (χ4v) is 2.22. The maximum absolute atomic E-state index is 4.35. The topological polar surface area (TPSA) is 24.9 Å². The monoisotopic (exact) mass is 318 g/mol. The molecule has 2 aromatic rings. The first-order valence-electron chi connectivity index (χ1n) is 6.58. The van der Waals surface area contributed by atoms with Crippen molar-refractivity contribution in [3.63, 3.8) is 0 Å². The van der Waals surface area contributed by atoms with Crippen LogP contribution in [-0.4, -0.2) is 11.5 Å². The lowest BCUT2D eigenvalue weighted by Gasteiger charge is -2.13. The molecule has 0 fully saturated rings. The van der Waals surface area contributed by atoms with E-state index >= 15 is 0 Å². The zero-order valence-corrected chi connectivity index (χ0v) is 12.9. The lowest BCUT2D eigenvalue weighted by Crippen LogP contribution is -2.07. The molecule has 0 spiro atoms. The van der Waals surface area contributed by atoms with Crippen LogP contribution >= 0.6 is 15.9 Å². The van der Waals surface area contributed by atoms with Crippen LogP contribution in [0.2, 0.25) is 0 Å². The Morgan fingerprint density at radius 3 is 2.68 bits per heavy atom. The summed E-state index contributed by atoms with van der Waals surface area (Å²) in [5, 5.41) is 3.38. The number of pyridine rings is 1. The highest BCUT2D eigenvalue weighted by molar-refractivity contribution is 9.10. The molecular formula is C16H19BrN2. The van der Waals surface area contributed by atoms with Gasteiger partial charge in [-0.05, 0) is 52.4 Å². The average molecular weight is 319 g/mol. The zero-order valence-electron chi connectivity index (χ0n) is 11.4. The summed E-state index contributed by atoms with van der Waals surface area (Å²) in [6.45, 7) is 5.27. The van der Waals surface area contributed by atoms with Crippen LogP contribution in [0.3, 0.4) is 0 Å². The lowest BCUT2D eigenvalue weighted by molar-refractivity contribution is 0.705. The number of rotatable bonds is 5. The summed E-state index contributed by atoms with van der Waals surface area (Å²) >= 11 is 3.46. The van der Waals surface area contributed by atoms with Gasteiger partial charge in [0.25, 0.3) is 0 Å². The second kappa shape index (κ2) is 6.71. The van der Waals surface area contributed by atoms with Gasteiger partial charge in [-0.2, -0.15) is 0 Å². The molecule has 0 radical (unpaired) electrons. The fourth-order valence-electron chi connectivity index (χ4n) is 2.00. The number of aromatic nitrogens is 1. The second-order valence-electron chi connectivity index (χ2n) is 4.85. The fraction of sp³-hybridized carbons (Fsp3) is 0.312. The van der Waals surface area contributed by atoms with Crippen molar-refractivity contribution in [3.8, 4) is 0 Å². The van der Waals surface area contributed by atoms with E-state index < -0.39 is 0 Å². The number of hydrogen-bond acceptors (Lipinski definition) is 2. The third-order valence-electron chi connectivity index (χ3n) is 3.30. The Morgan fingerprint density at radius 1 is 1.26 bits per heavy atom. The Morgan fingerprint density at radius 2 is 2.00 bits per heavy atom. The maximum Gasteiger partial charge on any atom is 0.126 e. The molecule has 0 amide bonds. The van der Waals surface area contributed by atoms with Gasteiger partial charge in [-0.25, -0.2) is 4.98 Å². The molecule has 0 aliphatic heterocycles. The zero-order chi connectivity index (χ0) is 13.7. The van der Waals surface area contributed by atoms with Crippen molar-refractivity contribution in [3.05, 3.63) is 58.2 Å². The van der Waals surface area contributed by atoms with Crippen molar-refractivity contribution in [2.24, 2.45) is 0 Å². The van der Waals surface area contributed by atoms with Crippen LogP contribution in [0.1, 0.15) is 30.4 Å². The Labute approximate surface area is 123 Å². The van der Waals surface area contributed by atoms with Crippen molar-refractivity contribution >= 4 is 21.7 Å². The molecule has 100 valence electrons. The highest BCUT2D eigenvalue weighted by Gasteiger charge is 2.05. The molecule has 1 aromatic heterocycles. The molecular weight excluding hydrogens is 300 g/mol. The van der Waals surface area contributed by atoms with Gasteiger partial charge in [0.2, 0.25) is 0 Å². The van der Waals surface area contributed by atoms with E-state index in [9.17, 15) is 0 Å². The first-order chi connectivity index (χ1) is 9.16. The number of halogens is 1. The molecule has 19 heavy (non-hydrogen) atoms. The molecule has 1 aromatic carbocycles. The summed E-state index contributed by atoms with van der Waals surface area (Å²) in [5.41, 5.74) is 2.60. The quantitative estimate of drug-likeness (QED) is 0.859. The Bertz CT molecular complexity index is 526. The molecule has 1 atom stereocenters. The molecule has 3 heteroatoms. The third-order valence-corrected chi connectivity index (χ3v) is 4.13. The van der Waals surface area contributed by atoms with E-state index in [0.717, 1.165) is 23.3 Å². The van der Waals surface area contributed by atoms with Crippen molar-refractivity contribution < 1.29 is 0 Å². The summed E-state index contributed by atoms with van der Waals surface area (Å²) < 4.78 is 1.05. The molecule has 1 heterocycles. The molecule has 2 nitrogen and oxygen atoms in total. The number of benzene rings is 1. The van der Waals surface area contributed by atoms with Crippen LogP contribution < -0.4 is 5.32 Å². The minimum absolute atomic E-state index is 0.560. The third kappa shape index (κ3) is 4.06. The summed E-state index contributed by atoms with van der Waals surface area (Å²) in [6, 6.07) is 12.7. The predicted molar refractivity (Wildman–Crippen MR) is 84.6 cm³/mol. The Kier molecular flexibility index (Phi) is 4.97. The van der Waals surface area contributed by atoms with E-state index in [1.165, 1.54) is 11.1 Å². The van der Waals surface area contributed by atoms with E-state index in [1.54, 1.807) is 0 Å². The summed E-state index contributed by atoms with van der Waals surface area (Å²) in [6.07, 6.45) is 2.94. The standard InChI is InChI=1S/C16H19BrN2/c1-12(14-6-4-3-5-7-14)8-9-18-16-10-13(2)15(17)11-19-16/h3-7,10-12H,8-9H2,1-2H3,(H,18,19). The van der Waals surface area contributed by atoms with Gasteiger partial charge in [-0.3, -0.25) is 0 Å². The van der Waals surface area contributed by atoms with E-state index in [2.05, 4.69) is 76.5 Å². The van der Waals surface area contributed by atoms with E-state index in [0.29, 0.717) is 5.92 Å².